The first-order valence-corrected chi connectivity index (χ1v) is 11.7. The van der Waals surface area contributed by atoms with Crippen molar-refractivity contribution in [3.05, 3.63) is 63.2 Å². The summed E-state index contributed by atoms with van der Waals surface area (Å²) in [6.07, 6.45) is -1.95. The molecule has 1 fully saturated rings. The summed E-state index contributed by atoms with van der Waals surface area (Å²) in [6.45, 7) is 2.25. The van der Waals surface area contributed by atoms with Gasteiger partial charge in [-0.15, -0.1) is 11.3 Å². The monoisotopic (exact) mass is 524 g/mol. The molecule has 2 aliphatic rings. The minimum absolute atomic E-state index is 0.0997. The summed E-state index contributed by atoms with van der Waals surface area (Å²) in [5.74, 6) is -4.96. The minimum atomic E-state index is -3.22. The number of rotatable bonds is 6. The summed E-state index contributed by atoms with van der Waals surface area (Å²) in [5.41, 5.74) is -0.184. The number of thiazole rings is 1. The lowest BCUT2D eigenvalue weighted by molar-refractivity contribution is -0.142. The number of carbonyl (C=O) groups excluding carboxylic acids is 1. The number of nitrogens with zero attached hydrogens (tertiary/aromatic N) is 3. The highest BCUT2D eigenvalue weighted by molar-refractivity contribution is 7.11. The number of benzene rings is 1. The fourth-order valence-electron chi connectivity index (χ4n) is 4.22. The molecule has 36 heavy (non-hydrogen) atoms. The van der Waals surface area contributed by atoms with Crippen LogP contribution in [0.25, 0.3) is 0 Å². The van der Waals surface area contributed by atoms with Crippen LogP contribution in [0, 0.1) is 12.7 Å². The van der Waals surface area contributed by atoms with Crippen LogP contribution in [-0.2, 0) is 19.8 Å². The van der Waals surface area contributed by atoms with Crippen LogP contribution >= 0.6 is 11.3 Å². The van der Waals surface area contributed by atoms with E-state index in [0.29, 0.717) is 10.6 Å². The Hall–Kier alpha value is -3.45. The van der Waals surface area contributed by atoms with Gasteiger partial charge in [-0.05, 0) is 31.5 Å². The number of amidine groups is 1. The van der Waals surface area contributed by atoms with Crippen molar-refractivity contribution in [1.29, 1.82) is 0 Å². The van der Waals surface area contributed by atoms with Gasteiger partial charge in [0.15, 0.2) is 16.6 Å². The van der Waals surface area contributed by atoms with Gasteiger partial charge in [0.1, 0.15) is 17.4 Å². The Labute approximate surface area is 208 Å². The van der Waals surface area contributed by atoms with Gasteiger partial charge < -0.3 is 19.9 Å². The SMILES string of the molecule is COC(=O)OC1=C(CN2CC(F)(F)C[C@H]2C(=O)O)NC(c2nc(C)cs2)=N[C@]1(C)c1ccc(F)cc1. The molecule has 2 aromatic rings. The average molecular weight is 525 g/mol. The number of likely N-dealkylation sites (tertiary alicyclic amines) is 1. The van der Waals surface area contributed by atoms with Crippen molar-refractivity contribution >= 4 is 29.3 Å². The summed E-state index contributed by atoms with van der Waals surface area (Å²) < 4.78 is 52.3. The Kier molecular flexibility index (Phi) is 6.80. The van der Waals surface area contributed by atoms with E-state index in [4.69, 9.17) is 9.73 Å². The third-order valence-corrected chi connectivity index (χ3v) is 6.88. The quantitative estimate of drug-likeness (QED) is 0.551. The zero-order valence-corrected chi connectivity index (χ0v) is 20.4. The topological polar surface area (TPSA) is 113 Å². The normalized spacial score (nSPS) is 23.7. The van der Waals surface area contributed by atoms with Gasteiger partial charge >= 0.3 is 12.1 Å². The van der Waals surface area contributed by atoms with Crippen LogP contribution in [0.15, 0.2) is 46.1 Å². The van der Waals surface area contributed by atoms with Crippen LogP contribution in [0.3, 0.4) is 0 Å². The molecule has 2 aliphatic heterocycles. The number of aliphatic imine (C=N–C) groups is 1. The van der Waals surface area contributed by atoms with Gasteiger partial charge in [0, 0.05) is 24.0 Å². The number of aryl methyl sites for hydroxylation is 1. The fourth-order valence-corrected chi connectivity index (χ4v) is 4.96. The van der Waals surface area contributed by atoms with E-state index in [1.165, 1.54) is 35.6 Å². The summed E-state index contributed by atoms with van der Waals surface area (Å²) >= 11 is 1.28. The van der Waals surface area contributed by atoms with E-state index >= 15 is 0 Å². The fraction of sp³-hybridized carbons (Fsp3) is 0.391. The van der Waals surface area contributed by atoms with Gasteiger partial charge in [0.05, 0.1) is 19.4 Å². The first kappa shape index (κ1) is 25.6. The number of halogens is 3. The molecule has 2 N–H and O–H groups in total. The number of alkyl halides is 2. The molecule has 1 aromatic heterocycles. The molecular weight excluding hydrogens is 501 g/mol. The Balaban J connectivity index is 1.86. The number of ether oxygens (including phenoxy) is 2. The lowest BCUT2D eigenvalue weighted by Crippen LogP contribution is -2.46. The van der Waals surface area contributed by atoms with Gasteiger partial charge in [-0.25, -0.2) is 27.9 Å². The maximum atomic E-state index is 14.2. The maximum absolute atomic E-state index is 14.2. The van der Waals surface area contributed by atoms with Gasteiger partial charge in [-0.1, -0.05) is 12.1 Å². The first-order valence-electron chi connectivity index (χ1n) is 10.8. The van der Waals surface area contributed by atoms with E-state index in [-0.39, 0.29) is 23.8 Å². The lowest BCUT2D eigenvalue weighted by atomic mass is 9.88. The molecule has 4 rings (SSSR count). The van der Waals surface area contributed by atoms with Crippen LogP contribution < -0.4 is 5.32 Å². The van der Waals surface area contributed by atoms with Crippen LogP contribution in [0.5, 0.6) is 0 Å². The van der Waals surface area contributed by atoms with Crippen LogP contribution in [0.1, 0.15) is 29.6 Å². The number of methoxy groups -OCH3 is 1. The highest BCUT2D eigenvalue weighted by Crippen LogP contribution is 2.40. The molecule has 0 spiro atoms. The van der Waals surface area contributed by atoms with Crippen molar-refractivity contribution in [3.63, 3.8) is 0 Å². The van der Waals surface area contributed by atoms with Crippen molar-refractivity contribution < 1.29 is 37.3 Å². The van der Waals surface area contributed by atoms with E-state index in [2.05, 4.69) is 15.0 Å². The summed E-state index contributed by atoms with van der Waals surface area (Å²) in [5, 5.41) is 14.8. The number of nitrogens with one attached hydrogen (secondary N) is 1. The molecule has 2 atom stereocenters. The molecule has 1 saturated heterocycles. The Morgan fingerprint density at radius 1 is 1.31 bits per heavy atom. The third kappa shape index (κ3) is 5.07. The number of hydrogen-bond acceptors (Lipinski definition) is 9. The molecule has 0 amide bonds. The van der Waals surface area contributed by atoms with E-state index in [1.807, 2.05) is 0 Å². The smallest absolute Gasteiger partial charge is 0.480 e. The van der Waals surface area contributed by atoms with Crippen LogP contribution in [-0.4, -0.2) is 65.1 Å². The van der Waals surface area contributed by atoms with Crippen molar-refractivity contribution in [2.45, 2.75) is 37.8 Å². The molecule has 192 valence electrons. The number of aromatic nitrogens is 1. The number of carboxylic acids is 1. The zero-order chi connectivity index (χ0) is 26.3. The third-order valence-electron chi connectivity index (χ3n) is 5.91. The standard InChI is InChI=1S/C23H23F3N4O5S/c1-12-10-36-19(27-12)18-28-15(9-30-11-23(25,26)8-16(30)20(31)32)17(35-21(33)34-3)22(2,29-18)13-4-6-14(24)7-5-13/h4-7,10,16H,8-9,11H2,1-3H3,(H,28,29)(H,31,32)/t16-,22+/m0/s1. The molecule has 0 radical (unpaired) electrons. The highest BCUT2D eigenvalue weighted by Gasteiger charge is 2.50. The molecule has 3 heterocycles. The van der Waals surface area contributed by atoms with Crippen LogP contribution in [0.2, 0.25) is 0 Å². The van der Waals surface area contributed by atoms with Crippen molar-refractivity contribution in [2.24, 2.45) is 4.99 Å². The predicted molar refractivity (Wildman–Crippen MR) is 123 cm³/mol. The number of carboxylic acid groups (broad SMARTS) is 1. The Morgan fingerprint density at radius 2 is 2.00 bits per heavy atom. The average Bonchev–Trinajstić information content (AvgIpc) is 3.38. The Morgan fingerprint density at radius 3 is 2.58 bits per heavy atom. The summed E-state index contributed by atoms with van der Waals surface area (Å²) in [4.78, 5) is 34.2. The lowest BCUT2D eigenvalue weighted by Gasteiger charge is -2.36. The number of hydrogen-bond donors (Lipinski definition) is 2. The van der Waals surface area contributed by atoms with Gasteiger partial charge in [0.25, 0.3) is 5.92 Å². The predicted octanol–water partition coefficient (Wildman–Crippen LogP) is 3.64. The van der Waals surface area contributed by atoms with Crippen molar-refractivity contribution in [2.75, 3.05) is 20.2 Å². The molecule has 1 aromatic carbocycles. The summed E-state index contributed by atoms with van der Waals surface area (Å²) in [6, 6.07) is 3.87. The second-order valence-corrected chi connectivity index (χ2v) is 9.50. The summed E-state index contributed by atoms with van der Waals surface area (Å²) in [7, 11) is 1.10. The molecule has 0 aliphatic carbocycles. The first-order chi connectivity index (χ1) is 16.9. The minimum Gasteiger partial charge on any atom is -0.480 e. The van der Waals surface area contributed by atoms with Crippen LogP contribution in [0.4, 0.5) is 18.0 Å². The highest BCUT2D eigenvalue weighted by atomic mass is 32.1. The Bertz CT molecular complexity index is 1250. The number of aliphatic carboxylic acids is 1. The second kappa shape index (κ2) is 9.54. The molecule has 0 bridgehead atoms. The molecule has 0 unspecified atom stereocenters. The van der Waals surface area contributed by atoms with Crippen molar-refractivity contribution in [3.8, 4) is 0 Å². The van der Waals surface area contributed by atoms with E-state index < -0.39 is 48.4 Å². The second-order valence-electron chi connectivity index (χ2n) is 8.64. The van der Waals surface area contributed by atoms with Gasteiger partial charge in [-0.3, -0.25) is 9.69 Å². The van der Waals surface area contributed by atoms with E-state index in [1.54, 1.807) is 19.2 Å². The molecule has 9 nitrogen and oxygen atoms in total. The number of carbonyl (C=O) groups is 2. The maximum Gasteiger partial charge on any atom is 0.513 e. The molecule has 0 saturated carbocycles. The van der Waals surface area contributed by atoms with Gasteiger partial charge in [-0.2, -0.15) is 0 Å². The molecule has 13 heteroatoms. The van der Waals surface area contributed by atoms with Crippen molar-refractivity contribution in [1.82, 2.24) is 15.2 Å². The van der Waals surface area contributed by atoms with Gasteiger partial charge in [0.2, 0.25) is 0 Å². The van der Waals surface area contributed by atoms with E-state index in [9.17, 15) is 27.9 Å². The molecular formula is C23H23F3N4O5S. The largest absolute Gasteiger partial charge is 0.513 e. The zero-order valence-electron chi connectivity index (χ0n) is 19.5. The van der Waals surface area contributed by atoms with E-state index in [0.717, 1.165) is 17.7 Å².